The average molecular weight is 620 g/mol. The summed E-state index contributed by atoms with van der Waals surface area (Å²) in [7, 11) is 0. The van der Waals surface area contributed by atoms with Gasteiger partial charge in [0.2, 0.25) is 23.6 Å². The number of amides is 4. The summed E-state index contributed by atoms with van der Waals surface area (Å²) in [5.41, 5.74) is 23.3. The second-order valence-corrected chi connectivity index (χ2v) is 10.9. The predicted octanol–water partition coefficient (Wildman–Crippen LogP) is -1.35. The number of H-pyrrole nitrogens is 1. The number of benzene rings is 1. The molecule has 4 unspecified atom stereocenters. The van der Waals surface area contributed by atoms with E-state index in [1.54, 1.807) is 6.20 Å². The van der Waals surface area contributed by atoms with Crippen LogP contribution in [0.25, 0.3) is 10.9 Å². The molecule has 43 heavy (non-hydrogen) atoms. The Kier molecular flexibility index (Phi) is 14.3. The van der Waals surface area contributed by atoms with Crippen LogP contribution in [0.1, 0.15) is 37.7 Å². The van der Waals surface area contributed by atoms with Crippen LogP contribution in [0.3, 0.4) is 0 Å². The fraction of sp³-hybridized carbons (Fsp3) is 0.481. The molecule has 2 aromatic rings. The van der Waals surface area contributed by atoms with Gasteiger partial charge in [-0.15, -0.1) is 0 Å². The zero-order valence-electron chi connectivity index (χ0n) is 24.0. The molecule has 0 saturated heterocycles. The van der Waals surface area contributed by atoms with Gasteiger partial charge < -0.3 is 49.0 Å². The summed E-state index contributed by atoms with van der Waals surface area (Å²) >= 11 is 1.43. The van der Waals surface area contributed by atoms with Gasteiger partial charge in [0.1, 0.15) is 18.1 Å². The molecule has 0 aliphatic carbocycles. The van der Waals surface area contributed by atoms with Crippen molar-refractivity contribution in [3.8, 4) is 0 Å². The van der Waals surface area contributed by atoms with Gasteiger partial charge in [0, 0.05) is 36.5 Å². The third-order valence-electron chi connectivity index (χ3n) is 6.57. The lowest BCUT2D eigenvalue weighted by molar-refractivity contribution is -0.142. The number of nitrogens with two attached hydrogens (primary N) is 4. The third kappa shape index (κ3) is 11.8. The number of nitrogens with one attached hydrogen (secondary N) is 4. The maximum absolute atomic E-state index is 13.3. The molecule has 13 N–H and O–H groups in total. The Balaban J connectivity index is 2.13. The lowest BCUT2D eigenvalue weighted by Gasteiger charge is -2.25. The summed E-state index contributed by atoms with van der Waals surface area (Å²) in [6.07, 6.45) is 3.97. The Morgan fingerprint density at radius 1 is 0.930 bits per heavy atom. The number of aromatic amines is 1. The van der Waals surface area contributed by atoms with E-state index in [4.69, 9.17) is 22.9 Å². The maximum atomic E-state index is 13.3. The predicted molar refractivity (Wildman–Crippen MR) is 165 cm³/mol. The molecule has 1 aromatic carbocycles. The number of fused-ring (bicyclic) bond motifs is 1. The quantitative estimate of drug-likeness (QED) is 0.0506. The molecule has 0 radical (unpaired) electrons. The topological polar surface area (TPSA) is 274 Å². The summed E-state index contributed by atoms with van der Waals surface area (Å²) in [4.78, 5) is 69.7. The number of carboxylic acids is 1. The molecule has 2 rings (SSSR count). The van der Waals surface area contributed by atoms with Gasteiger partial charge >= 0.3 is 5.97 Å². The van der Waals surface area contributed by atoms with Gasteiger partial charge in [0.05, 0.1) is 6.04 Å². The van der Waals surface area contributed by atoms with Crippen molar-refractivity contribution >= 4 is 58.2 Å². The van der Waals surface area contributed by atoms with E-state index in [0.717, 1.165) is 10.9 Å². The molecule has 0 bridgehead atoms. The van der Waals surface area contributed by atoms with E-state index in [-0.39, 0.29) is 44.6 Å². The van der Waals surface area contributed by atoms with Crippen LogP contribution in [0.2, 0.25) is 0 Å². The molecule has 4 amide bonds. The van der Waals surface area contributed by atoms with Crippen molar-refractivity contribution in [1.82, 2.24) is 20.9 Å². The van der Waals surface area contributed by atoms with Crippen LogP contribution in [0.4, 0.5) is 0 Å². The van der Waals surface area contributed by atoms with Crippen LogP contribution >= 0.6 is 11.8 Å². The van der Waals surface area contributed by atoms with E-state index in [0.29, 0.717) is 17.7 Å². The second kappa shape index (κ2) is 17.6. The number of aliphatic imine (C=N–C) groups is 1. The normalized spacial score (nSPS) is 13.7. The van der Waals surface area contributed by atoms with Crippen LogP contribution in [-0.2, 0) is 30.4 Å². The maximum Gasteiger partial charge on any atom is 0.326 e. The molecule has 0 aliphatic rings. The van der Waals surface area contributed by atoms with Crippen molar-refractivity contribution in [2.24, 2.45) is 27.9 Å². The third-order valence-corrected chi connectivity index (χ3v) is 7.22. The zero-order chi connectivity index (χ0) is 31.9. The number of hydrogen-bond acceptors (Lipinski definition) is 8. The number of rotatable bonds is 19. The summed E-state index contributed by atoms with van der Waals surface area (Å²) in [6.45, 7) is 0.263. The zero-order valence-corrected chi connectivity index (χ0v) is 24.8. The number of thioether (sulfide) groups is 1. The smallest absolute Gasteiger partial charge is 0.326 e. The molecule has 0 aliphatic heterocycles. The average Bonchev–Trinajstić information content (AvgIpc) is 3.37. The minimum Gasteiger partial charge on any atom is -0.480 e. The number of primary amides is 1. The van der Waals surface area contributed by atoms with Crippen LogP contribution in [0, 0.1) is 0 Å². The van der Waals surface area contributed by atoms with Crippen LogP contribution in [0.5, 0.6) is 0 Å². The van der Waals surface area contributed by atoms with Crippen molar-refractivity contribution in [2.45, 2.75) is 62.7 Å². The van der Waals surface area contributed by atoms with Gasteiger partial charge in [-0.25, -0.2) is 4.79 Å². The first kappa shape index (κ1) is 34.9. The number of nitrogens with zero attached hydrogens (tertiary/aromatic N) is 1. The molecule has 236 valence electrons. The molecule has 0 spiro atoms. The fourth-order valence-corrected chi connectivity index (χ4v) is 4.73. The molecular formula is C27H41N9O6S. The molecule has 1 aromatic heterocycles. The van der Waals surface area contributed by atoms with Gasteiger partial charge in [-0.05, 0) is 49.3 Å². The SMILES string of the molecule is CSCCC(NC(=O)C(CCC(N)=O)NC(=O)C(N)CCCN=C(N)N)C(=O)NC(Cc1c[nH]c2ccccc12)C(=O)O. The van der Waals surface area contributed by atoms with Crippen LogP contribution in [0.15, 0.2) is 35.5 Å². The van der Waals surface area contributed by atoms with Crippen LogP contribution in [-0.4, -0.2) is 88.4 Å². The highest BCUT2D eigenvalue weighted by Gasteiger charge is 2.30. The molecular weight excluding hydrogens is 578 g/mol. The second-order valence-electron chi connectivity index (χ2n) is 9.93. The largest absolute Gasteiger partial charge is 0.480 e. The standard InChI is InChI=1S/C27H41N9O6S/c1-43-12-10-20(25(40)36-21(26(41)42)13-15-14-33-18-7-3-2-5-16(15)18)35-24(39)19(8-9-22(29)37)34-23(38)17(28)6-4-11-32-27(30)31/h2-3,5,7,14,17,19-21,33H,4,6,8-13,28H2,1H3,(H2,29,37)(H,34,38)(H,35,39)(H,36,40)(H,41,42)(H4,30,31,32). The number of carboxylic acid groups (broad SMARTS) is 1. The van der Waals surface area contributed by atoms with E-state index >= 15 is 0 Å². The van der Waals surface area contributed by atoms with E-state index in [9.17, 15) is 29.1 Å². The van der Waals surface area contributed by atoms with E-state index in [1.165, 1.54) is 11.8 Å². The van der Waals surface area contributed by atoms with Crippen molar-refractivity contribution in [3.63, 3.8) is 0 Å². The summed E-state index contributed by atoms with van der Waals surface area (Å²) in [5, 5.41) is 18.3. The van der Waals surface area contributed by atoms with E-state index < -0.39 is 53.8 Å². The molecule has 1 heterocycles. The summed E-state index contributed by atoms with van der Waals surface area (Å²) in [5.74, 6) is -3.64. The van der Waals surface area contributed by atoms with Gasteiger partial charge in [-0.3, -0.25) is 24.2 Å². The van der Waals surface area contributed by atoms with Crippen molar-refractivity contribution in [3.05, 3.63) is 36.0 Å². The molecule has 4 atom stereocenters. The summed E-state index contributed by atoms with van der Waals surface area (Å²) < 4.78 is 0. The van der Waals surface area contributed by atoms with Crippen molar-refractivity contribution in [2.75, 3.05) is 18.6 Å². The number of carbonyl (C=O) groups excluding carboxylic acids is 4. The first-order valence-electron chi connectivity index (χ1n) is 13.7. The van der Waals surface area contributed by atoms with E-state index in [1.807, 2.05) is 30.5 Å². The Hall–Kier alpha value is -4.31. The number of aliphatic carboxylic acids is 1. The molecule has 0 fully saturated rings. The van der Waals surface area contributed by atoms with Crippen molar-refractivity contribution < 1.29 is 29.1 Å². The van der Waals surface area contributed by atoms with Gasteiger partial charge in [0.15, 0.2) is 5.96 Å². The highest BCUT2D eigenvalue weighted by Crippen LogP contribution is 2.19. The fourth-order valence-electron chi connectivity index (χ4n) is 4.25. The van der Waals surface area contributed by atoms with Crippen LogP contribution < -0.4 is 38.9 Å². The number of para-hydroxylation sites is 1. The number of aromatic nitrogens is 1. The minimum atomic E-state index is -1.28. The first-order chi connectivity index (χ1) is 20.4. The Bertz CT molecular complexity index is 1300. The number of hydrogen-bond donors (Lipinski definition) is 9. The Morgan fingerprint density at radius 2 is 1.56 bits per heavy atom. The minimum absolute atomic E-state index is 0.00659. The Labute approximate surface area is 253 Å². The van der Waals surface area contributed by atoms with Crippen molar-refractivity contribution in [1.29, 1.82) is 0 Å². The summed E-state index contributed by atoms with van der Waals surface area (Å²) in [6, 6.07) is 2.77. The first-order valence-corrected chi connectivity index (χ1v) is 15.1. The van der Waals surface area contributed by atoms with E-state index in [2.05, 4.69) is 25.9 Å². The molecule has 15 nitrogen and oxygen atoms in total. The van der Waals surface area contributed by atoms with Gasteiger partial charge in [-0.1, -0.05) is 18.2 Å². The molecule has 0 saturated carbocycles. The highest BCUT2D eigenvalue weighted by atomic mass is 32.2. The molecule has 16 heteroatoms. The monoisotopic (exact) mass is 619 g/mol. The lowest BCUT2D eigenvalue weighted by Crippen LogP contribution is -2.57. The van der Waals surface area contributed by atoms with Gasteiger partial charge in [0.25, 0.3) is 0 Å². The number of carbonyl (C=O) groups is 5. The lowest BCUT2D eigenvalue weighted by atomic mass is 10.0. The highest BCUT2D eigenvalue weighted by molar-refractivity contribution is 7.98. The Morgan fingerprint density at radius 3 is 2.19 bits per heavy atom. The van der Waals surface area contributed by atoms with Gasteiger partial charge in [-0.2, -0.15) is 11.8 Å². The number of guanidine groups is 1.